The maximum atomic E-state index is 9.64. The first kappa shape index (κ1) is 10.5. The number of hydrogen-bond acceptors (Lipinski definition) is 4. The van der Waals surface area contributed by atoms with Crippen molar-refractivity contribution in [2.45, 2.75) is 19.3 Å². The van der Waals surface area contributed by atoms with Crippen LogP contribution in [0.2, 0.25) is 0 Å². The molecule has 0 amide bonds. The van der Waals surface area contributed by atoms with Crippen LogP contribution >= 0.6 is 0 Å². The van der Waals surface area contributed by atoms with Crippen molar-refractivity contribution in [2.24, 2.45) is 5.92 Å². The number of aromatic nitrogens is 3. The fourth-order valence-corrected chi connectivity index (χ4v) is 2.32. The maximum Gasteiger partial charge on any atom is 0.203 e. The highest BCUT2D eigenvalue weighted by molar-refractivity contribution is 5.51. The lowest BCUT2D eigenvalue weighted by Gasteiger charge is -2.20. The monoisotopic (exact) mass is 233 g/mol. The van der Waals surface area contributed by atoms with Crippen molar-refractivity contribution in [1.82, 2.24) is 14.6 Å². The van der Waals surface area contributed by atoms with E-state index in [1.807, 2.05) is 10.6 Å². The topological polar surface area (TPSA) is 59.7 Å². The number of hydrogen-bond donors (Lipinski definition) is 1. The molecule has 90 valence electrons. The molecule has 0 saturated carbocycles. The highest BCUT2D eigenvalue weighted by Crippen LogP contribution is 2.21. The lowest BCUT2D eigenvalue weighted by Crippen LogP contribution is -2.20. The second kappa shape index (κ2) is 4.33. The van der Waals surface area contributed by atoms with E-state index in [0.29, 0.717) is 11.6 Å². The van der Waals surface area contributed by atoms with Gasteiger partial charge >= 0.3 is 0 Å². The van der Waals surface area contributed by atoms with Crippen LogP contribution in [0.1, 0.15) is 18.7 Å². The van der Waals surface area contributed by atoms with Gasteiger partial charge < -0.3 is 9.84 Å². The van der Waals surface area contributed by atoms with E-state index in [2.05, 4.69) is 10.2 Å². The van der Waals surface area contributed by atoms with Gasteiger partial charge in [-0.3, -0.25) is 4.40 Å². The molecule has 1 aliphatic rings. The summed E-state index contributed by atoms with van der Waals surface area (Å²) in [4.78, 5) is 0. The molecule has 5 nitrogen and oxygen atoms in total. The van der Waals surface area contributed by atoms with Gasteiger partial charge in [0.15, 0.2) is 5.75 Å². The summed E-state index contributed by atoms with van der Waals surface area (Å²) in [6.45, 7) is 1.67. The number of rotatable bonds is 2. The maximum absolute atomic E-state index is 9.64. The zero-order valence-corrected chi connectivity index (χ0v) is 9.54. The van der Waals surface area contributed by atoms with Crippen molar-refractivity contribution >= 4 is 5.65 Å². The molecule has 0 bridgehead atoms. The van der Waals surface area contributed by atoms with E-state index in [9.17, 15) is 5.11 Å². The normalized spacial score (nSPS) is 20.8. The van der Waals surface area contributed by atoms with Gasteiger partial charge in [-0.05, 0) is 30.9 Å². The molecule has 0 radical (unpaired) electrons. The summed E-state index contributed by atoms with van der Waals surface area (Å²) in [6.07, 6.45) is 5.03. The number of pyridine rings is 1. The van der Waals surface area contributed by atoms with E-state index in [-0.39, 0.29) is 5.75 Å². The summed E-state index contributed by atoms with van der Waals surface area (Å²) in [6, 6.07) is 3.42. The van der Waals surface area contributed by atoms with E-state index >= 15 is 0 Å². The average Bonchev–Trinajstić information content (AvgIpc) is 2.76. The third kappa shape index (κ3) is 1.98. The van der Waals surface area contributed by atoms with Gasteiger partial charge in [0, 0.05) is 25.8 Å². The molecule has 1 fully saturated rings. The zero-order chi connectivity index (χ0) is 11.7. The minimum Gasteiger partial charge on any atom is -0.504 e. The van der Waals surface area contributed by atoms with Crippen LogP contribution in [-0.4, -0.2) is 32.9 Å². The molecule has 3 rings (SSSR count). The number of nitrogens with zero attached hydrogens (tertiary/aromatic N) is 3. The Morgan fingerprint density at radius 1 is 1.47 bits per heavy atom. The van der Waals surface area contributed by atoms with Crippen LogP contribution in [0.25, 0.3) is 5.65 Å². The van der Waals surface area contributed by atoms with Gasteiger partial charge in [-0.25, -0.2) is 0 Å². The quantitative estimate of drug-likeness (QED) is 0.851. The van der Waals surface area contributed by atoms with Crippen molar-refractivity contribution in [3.63, 3.8) is 0 Å². The van der Waals surface area contributed by atoms with Crippen LogP contribution in [0.4, 0.5) is 0 Å². The molecule has 2 aromatic heterocycles. The number of aromatic hydroxyl groups is 1. The van der Waals surface area contributed by atoms with Crippen LogP contribution < -0.4 is 0 Å². The van der Waals surface area contributed by atoms with Crippen molar-refractivity contribution < 1.29 is 9.84 Å². The predicted molar refractivity (Wildman–Crippen MR) is 61.9 cm³/mol. The molecular formula is C12H15N3O2. The van der Waals surface area contributed by atoms with Gasteiger partial charge in [-0.2, -0.15) is 0 Å². The second-order valence-electron chi connectivity index (χ2n) is 4.49. The van der Waals surface area contributed by atoms with E-state index < -0.39 is 0 Å². The third-order valence-corrected chi connectivity index (χ3v) is 3.21. The average molecular weight is 233 g/mol. The lowest BCUT2D eigenvalue weighted by atomic mass is 9.98. The lowest BCUT2D eigenvalue weighted by molar-refractivity contribution is 0.0542. The smallest absolute Gasteiger partial charge is 0.203 e. The summed E-state index contributed by atoms with van der Waals surface area (Å²) >= 11 is 0. The molecule has 1 unspecified atom stereocenters. The fourth-order valence-electron chi connectivity index (χ4n) is 2.32. The molecule has 5 heteroatoms. The summed E-state index contributed by atoms with van der Waals surface area (Å²) < 4.78 is 7.31. The zero-order valence-electron chi connectivity index (χ0n) is 9.54. The minimum absolute atomic E-state index is 0.172. The van der Waals surface area contributed by atoms with Crippen LogP contribution in [-0.2, 0) is 11.2 Å². The fraction of sp³-hybridized carbons (Fsp3) is 0.500. The molecule has 1 N–H and O–H groups in total. The second-order valence-corrected chi connectivity index (χ2v) is 4.49. The van der Waals surface area contributed by atoms with Crippen LogP contribution in [0, 0.1) is 5.92 Å². The molecule has 3 heterocycles. The highest BCUT2D eigenvalue weighted by atomic mass is 16.5. The Labute approximate surface area is 99.0 Å². The van der Waals surface area contributed by atoms with E-state index in [0.717, 1.165) is 31.9 Å². The Balaban J connectivity index is 1.87. The van der Waals surface area contributed by atoms with E-state index in [4.69, 9.17) is 4.74 Å². The summed E-state index contributed by atoms with van der Waals surface area (Å²) in [5.41, 5.74) is 0.527. The molecule has 2 aromatic rings. The van der Waals surface area contributed by atoms with Gasteiger partial charge in [0.05, 0.1) is 0 Å². The first-order valence-electron chi connectivity index (χ1n) is 5.94. The SMILES string of the molecule is Oc1cccn2c(CC3CCCOC3)nnc12. The summed E-state index contributed by atoms with van der Waals surface area (Å²) in [5.74, 6) is 1.58. The first-order chi connectivity index (χ1) is 8.34. The Hall–Kier alpha value is -1.62. The van der Waals surface area contributed by atoms with Gasteiger partial charge in [-0.1, -0.05) is 0 Å². The van der Waals surface area contributed by atoms with Gasteiger partial charge in [-0.15, -0.1) is 10.2 Å². The Morgan fingerprint density at radius 3 is 3.24 bits per heavy atom. The molecule has 17 heavy (non-hydrogen) atoms. The van der Waals surface area contributed by atoms with Gasteiger partial charge in [0.2, 0.25) is 5.65 Å². The number of fused-ring (bicyclic) bond motifs is 1. The Bertz CT molecular complexity index is 517. The Morgan fingerprint density at radius 2 is 2.41 bits per heavy atom. The van der Waals surface area contributed by atoms with Crippen LogP contribution in [0.3, 0.4) is 0 Å². The summed E-state index contributed by atoms with van der Waals surface area (Å²) in [7, 11) is 0. The number of ether oxygens (including phenoxy) is 1. The Kier molecular flexibility index (Phi) is 2.68. The van der Waals surface area contributed by atoms with E-state index in [1.165, 1.54) is 6.42 Å². The molecular weight excluding hydrogens is 218 g/mol. The van der Waals surface area contributed by atoms with E-state index in [1.54, 1.807) is 12.1 Å². The first-order valence-corrected chi connectivity index (χ1v) is 5.94. The highest BCUT2D eigenvalue weighted by Gasteiger charge is 2.18. The van der Waals surface area contributed by atoms with Gasteiger partial charge in [0.25, 0.3) is 0 Å². The van der Waals surface area contributed by atoms with Crippen LogP contribution in [0.5, 0.6) is 5.75 Å². The standard InChI is InChI=1S/C12H15N3O2/c16-10-4-1-5-15-11(13-14-12(10)15)7-9-3-2-6-17-8-9/h1,4-5,9,16H,2-3,6-8H2. The molecule has 0 spiro atoms. The minimum atomic E-state index is 0.172. The molecule has 1 saturated heterocycles. The molecule has 1 atom stereocenters. The molecule has 0 aliphatic carbocycles. The van der Waals surface area contributed by atoms with Crippen LogP contribution in [0.15, 0.2) is 18.3 Å². The van der Waals surface area contributed by atoms with Crippen molar-refractivity contribution in [1.29, 1.82) is 0 Å². The predicted octanol–water partition coefficient (Wildman–Crippen LogP) is 1.40. The van der Waals surface area contributed by atoms with Gasteiger partial charge in [0.1, 0.15) is 5.82 Å². The van der Waals surface area contributed by atoms with Crippen molar-refractivity contribution in [3.05, 3.63) is 24.2 Å². The summed E-state index contributed by atoms with van der Waals surface area (Å²) in [5, 5.41) is 17.8. The largest absolute Gasteiger partial charge is 0.504 e. The molecule has 0 aromatic carbocycles. The molecule has 1 aliphatic heterocycles. The van der Waals surface area contributed by atoms with Crippen molar-refractivity contribution in [2.75, 3.05) is 13.2 Å². The van der Waals surface area contributed by atoms with Crippen molar-refractivity contribution in [3.8, 4) is 5.75 Å². The third-order valence-electron chi connectivity index (χ3n) is 3.21.